The van der Waals surface area contributed by atoms with Crippen LogP contribution in [-0.4, -0.2) is 30.2 Å². The highest BCUT2D eigenvalue weighted by Crippen LogP contribution is 2.37. The standard InChI is InChI=1S/C15H21NO5/c1-6-9-7-11(20-5)13(18)10(8-17)12(9)16-14(19)21-15(2,3)4/h7-8,18H,6H2,1-5H3,(H,16,19). The van der Waals surface area contributed by atoms with E-state index in [-0.39, 0.29) is 22.7 Å². The Labute approximate surface area is 124 Å². The molecule has 1 rings (SSSR count). The highest BCUT2D eigenvalue weighted by Gasteiger charge is 2.22. The van der Waals surface area contributed by atoms with E-state index in [2.05, 4.69) is 5.32 Å². The van der Waals surface area contributed by atoms with Crippen molar-refractivity contribution in [2.45, 2.75) is 39.7 Å². The number of carbonyl (C=O) groups is 2. The predicted octanol–water partition coefficient (Wildman–Crippen LogP) is 3.12. The summed E-state index contributed by atoms with van der Waals surface area (Å²) >= 11 is 0. The molecule has 0 aliphatic carbocycles. The molecule has 0 radical (unpaired) electrons. The van der Waals surface area contributed by atoms with Crippen LogP contribution in [0.25, 0.3) is 0 Å². The topological polar surface area (TPSA) is 84.9 Å². The number of phenolic OH excluding ortho intramolecular Hbond substituents is 1. The van der Waals surface area contributed by atoms with Crippen LogP contribution in [0.5, 0.6) is 11.5 Å². The summed E-state index contributed by atoms with van der Waals surface area (Å²) in [6.45, 7) is 7.07. The van der Waals surface area contributed by atoms with E-state index in [0.717, 1.165) is 0 Å². The number of hydrogen-bond donors (Lipinski definition) is 2. The molecule has 2 N–H and O–H groups in total. The van der Waals surface area contributed by atoms with Crippen molar-refractivity contribution >= 4 is 18.1 Å². The fourth-order valence-corrected chi connectivity index (χ4v) is 1.83. The molecule has 0 atom stereocenters. The van der Waals surface area contributed by atoms with Crippen LogP contribution >= 0.6 is 0 Å². The van der Waals surface area contributed by atoms with E-state index in [0.29, 0.717) is 18.3 Å². The number of benzene rings is 1. The van der Waals surface area contributed by atoms with Crippen LogP contribution in [0.1, 0.15) is 43.6 Å². The van der Waals surface area contributed by atoms with Crippen molar-refractivity contribution in [2.75, 3.05) is 12.4 Å². The van der Waals surface area contributed by atoms with Gasteiger partial charge < -0.3 is 14.6 Å². The summed E-state index contributed by atoms with van der Waals surface area (Å²) in [5.74, 6) is -0.126. The van der Waals surface area contributed by atoms with Crippen molar-refractivity contribution in [1.82, 2.24) is 0 Å². The van der Waals surface area contributed by atoms with E-state index in [1.165, 1.54) is 7.11 Å². The van der Waals surface area contributed by atoms with Gasteiger partial charge in [-0.05, 0) is 38.8 Å². The number of aromatic hydroxyl groups is 1. The second kappa shape index (κ2) is 6.47. The minimum absolute atomic E-state index is 0.0305. The molecule has 21 heavy (non-hydrogen) atoms. The smallest absolute Gasteiger partial charge is 0.412 e. The van der Waals surface area contributed by atoms with E-state index in [4.69, 9.17) is 9.47 Å². The summed E-state index contributed by atoms with van der Waals surface area (Å²) in [5, 5.41) is 12.5. The number of aldehydes is 1. The van der Waals surface area contributed by atoms with Crippen LogP contribution in [0.4, 0.5) is 10.5 Å². The van der Waals surface area contributed by atoms with E-state index in [1.54, 1.807) is 26.8 Å². The molecule has 1 aromatic carbocycles. The monoisotopic (exact) mass is 295 g/mol. The molecular weight excluding hydrogens is 274 g/mol. The minimum Gasteiger partial charge on any atom is -0.504 e. The van der Waals surface area contributed by atoms with Gasteiger partial charge in [-0.1, -0.05) is 6.92 Å². The molecular formula is C15H21NO5. The summed E-state index contributed by atoms with van der Waals surface area (Å²) in [4.78, 5) is 23.1. The van der Waals surface area contributed by atoms with Crippen LogP contribution in [0.3, 0.4) is 0 Å². The Bertz CT molecular complexity index is 546. The summed E-state index contributed by atoms with van der Waals surface area (Å²) in [7, 11) is 1.39. The van der Waals surface area contributed by atoms with Gasteiger partial charge in [0.1, 0.15) is 5.60 Å². The first-order chi connectivity index (χ1) is 9.73. The molecule has 116 valence electrons. The van der Waals surface area contributed by atoms with Crippen molar-refractivity contribution in [3.05, 3.63) is 17.2 Å². The molecule has 0 saturated carbocycles. The first-order valence-corrected chi connectivity index (χ1v) is 6.61. The third kappa shape index (κ3) is 4.11. The molecule has 6 heteroatoms. The fraction of sp³-hybridized carbons (Fsp3) is 0.467. The lowest BCUT2D eigenvalue weighted by molar-refractivity contribution is 0.0635. The average molecular weight is 295 g/mol. The second-order valence-corrected chi connectivity index (χ2v) is 5.47. The van der Waals surface area contributed by atoms with Crippen LogP contribution < -0.4 is 10.1 Å². The quantitative estimate of drug-likeness (QED) is 0.834. The summed E-state index contributed by atoms with van der Waals surface area (Å²) in [6.07, 6.45) is 0.330. The maximum atomic E-state index is 11.9. The van der Waals surface area contributed by atoms with Crippen LogP contribution in [-0.2, 0) is 11.2 Å². The highest BCUT2D eigenvalue weighted by atomic mass is 16.6. The summed E-state index contributed by atoms with van der Waals surface area (Å²) in [5.41, 5.74) is 0.210. The zero-order valence-corrected chi connectivity index (χ0v) is 12.9. The SMILES string of the molecule is CCc1cc(OC)c(O)c(C=O)c1NC(=O)OC(C)(C)C. The molecule has 0 aromatic heterocycles. The van der Waals surface area contributed by atoms with Gasteiger partial charge in [-0.3, -0.25) is 10.1 Å². The molecule has 0 bridgehead atoms. The predicted molar refractivity (Wildman–Crippen MR) is 79.3 cm³/mol. The maximum absolute atomic E-state index is 11.9. The van der Waals surface area contributed by atoms with E-state index in [9.17, 15) is 14.7 Å². The van der Waals surface area contributed by atoms with Gasteiger partial charge >= 0.3 is 6.09 Å². The number of rotatable bonds is 4. The van der Waals surface area contributed by atoms with E-state index >= 15 is 0 Å². The molecule has 0 spiro atoms. The lowest BCUT2D eigenvalue weighted by atomic mass is 10.0. The molecule has 6 nitrogen and oxygen atoms in total. The Morgan fingerprint density at radius 3 is 2.48 bits per heavy atom. The first-order valence-electron chi connectivity index (χ1n) is 6.61. The number of phenols is 1. The van der Waals surface area contributed by atoms with Crippen molar-refractivity contribution in [2.24, 2.45) is 0 Å². The van der Waals surface area contributed by atoms with E-state index in [1.807, 2.05) is 6.92 Å². The third-order valence-corrected chi connectivity index (χ3v) is 2.73. The Hall–Kier alpha value is -2.24. The van der Waals surface area contributed by atoms with Gasteiger partial charge in [0.25, 0.3) is 0 Å². The number of hydrogen-bond acceptors (Lipinski definition) is 5. The Kier molecular flexibility index (Phi) is 5.18. The second-order valence-electron chi connectivity index (χ2n) is 5.47. The largest absolute Gasteiger partial charge is 0.504 e. The number of anilines is 1. The molecule has 1 amide bonds. The van der Waals surface area contributed by atoms with Crippen LogP contribution in [0.15, 0.2) is 6.07 Å². The molecule has 0 saturated heterocycles. The molecule has 0 fully saturated rings. The van der Waals surface area contributed by atoms with Crippen LogP contribution in [0.2, 0.25) is 0 Å². The van der Waals surface area contributed by atoms with Gasteiger partial charge in [-0.2, -0.15) is 0 Å². The fourth-order valence-electron chi connectivity index (χ4n) is 1.83. The summed E-state index contributed by atoms with van der Waals surface area (Å²) in [6, 6.07) is 1.58. The third-order valence-electron chi connectivity index (χ3n) is 2.73. The number of methoxy groups -OCH3 is 1. The van der Waals surface area contributed by atoms with Gasteiger partial charge in [0.05, 0.1) is 18.4 Å². The molecule has 0 aliphatic heterocycles. The molecule has 0 unspecified atom stereocenters. The Balaban J connectivity index is 3.25. The molecule has 1 aromatic rings. The maximum Gasteiger partial charge on any atom is 0.412 e. The number of ether oxygens (including phenoxy) is 2. The summed E-state index contributed by atoms with van der Waals surface area (Å²) < 4.78 is 10.2. The van der Waals surface area contributed by atoms with Gasteiger partial charge in [0.15, 0.2) is 17.8 Å². The Morgan fingerprint density at radius 2 is 2.05 bits per heavy atom. The Morgan fingerprint density at radius 1 is 1.43 bits per heavy atom. The van der Waals surface area contributed by atoms with Gasteiger partial charge in [0, 0.05) is 0 Å². The molecule has 0 heterocycles. The van der Waals surface area contributed by atoms with Crippen molar-refractivity contribution < 1.29 is 24.2 Å². The number of aryl methyl sites for hydroxylation is 1. The van der Waals surface area contributed by atoms with Gasteiger partial charge in [0.2, 0.25) is 0 Å². The molecule has 0 aliphatic rings. The average Bonchev–Trinajstić information content (AvgIpc) is 2.37. The van der Waals surface area contributed by atoms with E-state index < -0.39 is 11.7 Å². The van der Waals surface area contributed by atoms with Crippen molar-refractivity contribution in [1.29, 1.82) is 0 Å². The minimum atomic E-state index is -0.690. The number of amides is 1. The zero-order valence-electron chi connectivity index (χ0n) is 12.9. The van der Waals surface area contributed by atoms with Crippen LogP contribution in [0, 0.1) is 0 Å². The zero-order chi connectivity index (χ0) is 16.2. The number of carbonyl (C=O) groups excluding carboxylic acids is 2. The van der Waals surface area contributed by atoms with Gasteiger partial charge in [-0.25, -0.2) is 4.79 Å². The first kappa shape index (κ1) is 16.8. The normalized spacial score (nSPS) is 10.9. The lowest BCUT2D eigenvalue weighted by Gasteiger charge is -2.21. The van der Waals surface area contributed by atoms with Crippen molar-refractivity contribution in [3.63, 3.8) is 0 Å². The number of nitrogens with one attached hydrogen (secondary N) is 1. The highest BCUT2D eigenvalue weighted by molar-refractivity contribution is 5.97. The van der Waals surface area contributed by atoms with Gasteiger partial charge in [-0.15, -0.1) is 0 Å². The lowest BCUT2D eigenvalue weighted by Crippen LogP contribution is -2.28. The van der Waals surface area contributed by atoms with Crippen molar-refractivity contribution in [3.8, 4) is 11.5 Å².